The van der Waals surface area contributed by atoms with Crippen molar-refractivity contribution in [1.29, 1.82) is 0 Å². The largest absolute Gasteiger partial charge is 0.461 e. The predicted molar refractivity (Wildman–Crippen MR) is 47.3 cm³/mol. The molecule has 0 N–H and O–H groups in total. The van der Waals surface area contributed by atoms with Gasteiger partial charge in [0, 0.05) is 0 Å². The van der Waals surface area contributed by atoms with E-state index in [1.807, 2.05) is 0 Å². The highest BCUT2D eigenvalue weighted by Gasteiger charge is 2.39. The van der Waals surface area contributed by atoms with Crippen LogP contribution in [0.2, 0.25) is 0 Å². The molecule has 0 spiro atoms. The van der Waals surface area contributed by atoms with E-state index in [2.05, 4.69) is 0 Å². The molecular weight excluding hydrogens is 168 g/mol. The van der Waals surface area contributed by atoms with Crippen molar-refractivity contribution >= 4 is 6.47 Å². The molecule has 1 heterocycles. The third kappa shape index (κ3) is 2.21. The Labute approximate surface area is 78.4 Å². The summed E-state index contributed by atoms with van der Waals surface area (Å²) in [7, 11) is 0. The average Bonchev–Trinajstić information content (AvgIpc) is 2.99. The molecule has 1 saturated heterocycles. The van der Waals surface area contributed by atoms with Gasteiger partial charge in [-0.3, -0.25) is 4.79 Å². The SMILES string of the molecule is O=COC(C1CCCCC1)C1CO1. The van der Waals surface area contributed by atoms with Gasteiger partial charge in [-0.25, -0.2) is 0 Å². The Balaban J connectivity index is 1.88. The van der Waals surface area contributed by atoms with Crippen molar-refractivity contribution in [2.45, 2.75) is 44.3 Å². The summed E-state index contributed by atoms with van der Waals surface area (Å²) >= 11 is 0. The Bertz CT molecular complexity index is 171. The molecule has 1 saturated carbocycles. The Morgan fingerprint density at radius 2 is 2.00 bits per heavy atom. The summed E-state index contributed by atoms with van der Waals surface area (Å²) in [5, 5.41) is 0. The van der Waals surface area contributed by atoms with Crippen LogP contribution in [0.25, 0.3) is 0 Å². The van der Waals surface area contributed by atoms with Crippen molar-refractivity contribution in [2.75, 3.05) is 6.61 Å². The molecule has 0 radical (unpaired) electrons. The van der Waals surface area contributed by atoms with E-state index in [0.717, 1.165) is 6.61 Å². The van der Waals surface area contributed by atoms with Crippen molar-refractivity contribution in [1.82, 2.24) is 0 Å². The maximum Gasteiger partial charge on any atom is 0.293 e. The van der Waals surface area contributed by atoms with Crippen LogP contribution in [0.4, 0.5) is 0 Å². The van der Waals surface area contributed by atoms with Crippen molar-refractivity contribution < 1.29 is 14.3 Å². The fourth-order valence-electron chi connectivity index (χ4n) is 2.27. The summed E-state index contributed by atoms with van der Waals surface area (Å²) < 4.78 is 10.3. The first-order chi connectivity index (χ1) is 6.42. The van der Waals surface area contributed by atoms with E-state index in [-0.39, 0.29) is 12.2 Å². The number of carbonyl (C=O) groups is 1. The summed E-state index contributed by atoms with van der Waals surface area (Å²) in [5.41, 5.74) is 0. The maximum atomic E-state index is 10.3. The minimum Gasteiger partial charge on any atom is -0.461 e. The van der Waals surface area contributed by atoms with Crippen LogP contribution in [0.5, 0.6) is 0 Å². The zero-order valence-electron chi connectivity index (χ0n) is 7.78. The summed E-state index contributed by atoms with van der Waals surface area (Å²) in [4.78, 5) is 10.3. The van der Waals surface area contributed by atoms with E-state index in [1.165, 1.54) is 32.1 Å². The van der Waals surface area contributed by atoms with Gasteiger partial charge < -0.3 is 9.47 Å². The zero-order chi connectivity index (χ0) is 9.10. The lowest BCUT2D eigenvalue weighted by molar-refractivity contribution is -0.138. The van der Waals surface area contributed by atoms with Gasteiger partial charge in [0.05, 0.1) is 6.61 Å². The number of epoxide rings is 1. The van der Waals surface area contributed by atoms with Crippen LogP contribution < -0.4 is 0 Å². The molecule has 1 aliphatic carbocycles. The first-order valence-electron chi connectivity index (χ1n) is 5.12. The molecule has 2 rings (SSSR count). The van der Waals surface area contributed by atoms with Crippen molar-refractivity contribution in [3.05, 3.63) is 0 Å². The van der Waals surface area contributed by atoms with E-state index >= 15 is 0 Å². The molecule has 2 aliphatic rings. The van der Waals surface area contributed by atoms with Gasteiger partial charge in [0.1, 0.15) is 12.2 Å². The number of hydrogen-bond donors (Lipinski definition) is 0. The zero-order valence-corrected chi connectivity index (χ0v) is 7.78. The monoisotopic (exact) mass is 184 g/mol. The van der Waals surface area contributed by atoms with Gasteiger partial charge in [-0.05, 0) is 18.8 Å². The Morgan fingerprint density at radius 1 is 1.31 bits per heavy atom. The van der Waals surface area contributed by atoms with Crippen LogP contribution in [0, 0.1) is 5.92 Å². The average molecular weight is 184 g/mol. The standard InChI is InChI=1S/C10H16O3/c11-7-13-10(9-6-12-9)8-4-2-1-3-5-8/h7-10H,1-6H2. The number of ether oxygens (including phenoxy) is 2. The second-order valence-corrected chi connectivity index (χ2v) is 3.97. The lowest BCUT2D eigenvalue weighted by Gasteiger charge is -2.27. The Hall–Kier alpha value is -0.570. The maximum absolute atomic E-state index is 10.3. The summed E-state index contributed by atoms with van der Waals surface area (Å²) in [5.74, 6) is 0.548. The Kier molecular flexibility index (Phi) is 2.83. The van der Waals surface area contributed by atoms with Crippen LogP contribution in [-0.2, 0) is 14.3 Å². The van der Waals surface area contributed by atoms with E-state index in [9.17, 15) is 4.79 Å². The van der Waals surface area contributed by atoms with E-state index in [0.29, 0.717) is 12.4 Å². The highest BCUT2D eigenvalue weighted by Crippen LogP contribution is 2.33. The fourth-order valence-corrected chi connectivity index (χ4v) is 2.27. The second-order valence-electron chi connectivity index (χ2n) is 3.97. The lowest BCUT2D eigenvalue weighted by atomic mass is 9.84. The van der Waals surface area contributed by atoms with Gasteiger partial charge in [-0.15, -0.1) is 0 Å². The minimum atomic E-state index is 0.0396. The molecular formula is C10H16O3. The van der Waals surface area contributed by atoms with Crippen molar-refractivity contribution in [3.8, 4) is 0 Å². The second kappa shape index (κ2) is 4.09. The summed E-state index contributed by atoms with van der Waals surface area (Å²) in [6.07, 6.45) is 6.50. The molecule has 2 fully saturated rings. The minimum absolute atomic E-state index is 0.0396. The van der Waals surface area contributed by atoms with Gasteiger partial charge in [0.25, 0.3) is 6.47 Å². The summed E-state index contributed by atoms with van der Waals surface area (Å²) in [6.45, 7) is 1.34. The molecule has 1 aliphatic heterocycles. The van der Waals surface area contributed by atoms with Crippen LogP contribution >= 0.6 is 0 Å². The molecule has 74 valence electrons. The molecule has 0 bridgehead atoms. The molecule has 0 amide bonds. The van der Waals surface area contributed by atoms with Crippen LogP contribution in [0.3, 0.4) is 0 Å². The quantitative estimate of drug-likeness (QED) is 0.491. The van der Waals surface area contributed by atoms with Crippen LogP contribution in [0.15, 0.2) is 0 Å². The van der Waals surface area contributed by atoms with Crippen molar-refractivity contribution in [3.63, 3.8) is 0 Å². The predicted octanol–water partition coefficient (Wildman–Crippen LogP) is 1.51. The normalized spacial score (nSPS) is 30.9. The third-order valence-electron chi connectivity index (χ3n) is 3.05. The number of carbonyl (C=O) groups excluding carboxylic acids is 1. The molecule has 3 heteroatoms. The molecule has 0 aromatic carbocycles. The van der Waals surface area contributed by atoms with E-state index in [1.54, 1.807) is 0 Å². The van der Waals surface area contributed by atoms with Crippen LogP contribution in [-0.4, -0.2) is 25.3 Å². The van der Waals surface area contributed by atoms with Crippen molar-refractivity contribution in [2.24, 2.45) is 5.92 Å². The topological polar surface area (TPSA) is 38.8 Å². The van der Waals surface area contributed by atoms with Gasteiger partial charge >= 0.3 is 0 Å². The summed E-state index contributed by atoms with van der Waals surface area (Å²) in [6, 6.07) is 0. The molecule has 0 aromatic rings. The molecule has 3 nitrogen and oxygen atoms in total. The Morgan fingerprint density at radius 3 is 2.54 bits per heavy atom. The van der Waals surface area contributed by atoms with E-state index in [4.69, 9.17) is 9.47 Å². The molecule has 13 heavy (non-hydrogen) atoms. The van der Waals surface area contributed by atoms with E-state index < -0.39 is 0 Å². The van der Waals surface area contributed by atoms with Crippen LogP contribution in [0.1, 0.15) is 32.1 Å². The smallest absolute Gasteiger partial charge is 0.293 e. The first kappa shape index (κ1) is 9.00. The van der Waals surface area contributed by atoms with Gasteiger partial charge in [-0.1, -0.05) is 19.3 Å². The molecule has 2 unspecified atom stereocenters. The molecule has 2 atom stereocenters. The fraction of sp³-hybridized carbons (Fsp3) is 0.900. The lowest BCUT2D eigenvalue weighted by Crippen LogP contribution is -2.30. The van der Waals surface area contributed by atoms with Gasteiger partial charge in [0.2, 0.25) is 0 Å². The highest BCUT2D eigenvalue weighted by molar-refractivity contribution is 5.37. The van der Waals surface area contributed by atoms with Gasteiger partial charge in [-0.2, -0.15) is 0 Å². The first-order valence-corrected chi connectivity index (χ1v) is 5.12. The molecule has 0 aromatic heterocycles. The number of hydrogen-bond acceptors (Lipinski definition) is 3. The highest BCUT2D eigenvalue weighted by atomic mass is 16.6. The third-order valence-corrected chi connectivity index (χ3v) is 3.05. The number of rotatable bonds is 4. The van der Waals surface area contributed by atoms with Gasteiger partial charge in [0.15, 0.2) is 0 Å².